The zero-order chi connectivity index (χ0) is 19.3. The zero-order valence-electron chi connectivity index (χ0n) is 15.3. The molecule has 0 bridgehead atoms. The van der Waals surface area contributed by atoms with Crippen molar-refractivity contribution in [3.8, 4) is 0 Å². The van der Waals surface area contributed by atoms with Crippen molar-refractivity contribution in [3.05, 3.63) is 34.9 Å². The van der Waals surface area contributed by atoms with Crippen molar-refractivity contribution in [2.45, 2.75) is 39.8 Å². The third-order valence-electron chi connectivity index (χ3n) is 3.79. The third-order valence-corrected chi connectivity index (χ3v) is 5.92. The summed E-state index contributed by atoms with van der Waals surface area (Å²) in [5.74, 6) is -0.405. The number of aryl methyl sites for hydroxylation is 1. The van der Waals surface area contributed by atoms with Crippen LogP contribution >= 0.6 is 7.60 Å². The molecule has 0 aliphatic carbocycles. The van der Waals surface area contributed by atoms with E-state index in [9.17, 15) is 18.1 Å². The normalized spacial score (nSPS) is 13.6. The number of carbonyl (C=O) groups is 1. The van der Waals surface area contributed by atoms with Crippen molar-refractivity contribution in [2.75, 3.05) is 20.3 Å². The molecule has 0 spiro atoms. The molecule has 0 radical (unpaired) electrons. The first-order valence-electron chi connectivity index (χ1n) is 8.21. The number of benzene rings is 1. The van der Waals surface area contributed by atoms with Crippen LogP contribution in [0, 0.1) is 12.8 Å². The van der Waals surface area contributed by atoms with Crippen molar-refractivity contribution in [2.24, 2.45) is 5.92 Å². The average Bonchev–Trinajstić information content (AvgIpc) is 2.54. The van der Waals surface area contributed by atoms with Crippen LogP contribution in [0.4, 0.5) is 8.78 Å². The van der Waals surface area contributed by atoms with Crippen LogP contribution in [-0.2, 0) is 30.5 Å². The summed E-state index contributed by atoms with van der Waals surface area (Å²) in [6.07, 6.45) is 0.418. The summed E-state index contributed by atoms with van der Waals surface area (Å²) >= 11 is 0. The Kier molecular flexibility index (Phi) is 7.72. The number of alkyl halides is 2. The first-order chi connectivity index (χ1) is 11.6. The highest BCUT2D eigenvalue weighted by Gasteiger charge is 2.55. The summed E-state index contributed by atoms with van der Waals surface area (Å²) in [5.41, 5.74) is -3.13. The Morgan fingerprint density at radius 1 is 1.28 bits per heavy atom. The second kappa shape index (κ2) is 8.88. The fourth-order valence-corrected chi connectivity index (χ4v) is 4.19. The van der Waals surface area contributed by atoms with Gasteiger partial charge in [-0.05, 0) is 38.3 Å². The second-order valence-electron chi connectivity index (χ2n) is 5.74. The standard InChI is InChI=1S/C17H26F2NO4P/c1-6-23-25(22,24-7-2)17(18,19)15-9-8-14(10-12(15)3)11-13(4)16(21)20-5/h8-10,13H,6-7,11H2,1-5H3,(H,20,21)/t13-/m0/s1. The second-order valence-corrected chi connectivity index (χ2v) is 7.82. The SMILES string of the molecule is CCOP(=O)(OCC)C(F)(F)c1ccc(C[C@H](C)C(=O)NC)cc1C. The third kappa shape index (κ3) is 4.87. The zero-order valence-corrected chi connectivity index (χ0v) is 16.2. The molecule has 8 heteroatoms. The molecule has 0 heterocycles. The van der Waals surface area contributed by atoms with Crippen molar-refractivity contribution in [1.82, 2.24) is 5.32 Å². The number of rotatable bonds is 9. The van der Waals surface area contributed by atoms with Crippen LogP contribution in [0.2, 0.25) is 0 Å². The molecule has 142 valence electrons. The van der Waals surface area contributed by atoms with E-state index in [4.69, 9.17) is 9.05 Å². The molecule has 0 saturated carbocycles. The molecular formula is C17H26F2NO4P. The van der Waals surface area contributed by atoms with Crippen molar-refractivity contribution < 1.29 is 27.2 Å². The van der Waals surface area contributed by atoms with Gasteiger partial charge in [-0.1, -0.05) is 25.1 Å². The van der Waals surface area contributed by atoms with Gasteiger partial charge in [0.2, 0.25) is 5.91 Å². The summed E-state index contributed by atoms with van der Waals surface area (Å²) in [7, 11) is -3.08. The maximum absolute atomic E-state index is 14.8. The lowest BCUT2D eigenvalue weighted by Gasteiger charge is -2.27. The van der Waals surface area contributed by atoms with Gasteiger partial charge in [-0.15, -0.1) is 0 Å². The van der Waals surface area contributed by atoms with Crippen molar-refractivity contribution >= 4 is 13.5 Å². The smallest absolute Gasteiger partial charge is 0.359 e. The largest absolute Gasteiger partial charge is 0.404 e. The highest BCUT2D eigenvalue weighted by atomic mass is 31.2. The predicted molar refractivity (Wildman–Crippen MR) is 92.9 cm³/mol. The maximum Gasteiger partial charge on any atom is 0.404 e. The lowest BCUT2D eigenvalue weighted by molar-refractivity contribution is -0.123. The van der Waals surface area contributed by atoms with Crippen molar-refractivity contribution in [3.63, 3.8) is 0 Å². The summed E-state index contributed by atoms with van der Waals surface area (Å²) in [6.45, 7) is 5.95. The number of hydrogen-bond acceptors (Lipinski definition) is 4. The van der Waals surface area contributed by atoms with E-state index in [1.54, 1.807) is 20.0 Å². The highest BCUT2D eigenvalue weighted by molar-refractivity contribution is 7.54. The predicted octanol–water partition coefficient (Wildman–Crippen LogP) is 4.24. The van der Waals surface area contributed by atoms with Crippen LogP contribution in [-0.4, -0.2) is 26.2 Å². The Morgan fingerprint density at radius 2 is 1.84 bits per heavy atom. The minimum absolute atomic E-state index is 0.121. The fraction of sp³-hybridized carbons (Fsp3) is 0.588. The van der Waals surface area contributed by atoms with E-state index in [-0.39, 0.29) is 30.6 Å². The number of amides is 1. The van der Waals surface area contributed by atoms with E-state index < -0.39 is 18.8 Å². The summed E-state index contributed by atoms with van der Waals surface area (Å²) < 4.78 is 51.8. The van der Waals surface area contributed by atoms with E-state index in [1.807, 2.05) is 0 Å². The molecule has 0 aliphatic heterocycles. The van der Waals surface area contributed by atoms with Gasteiger partial charge in [-0.2, -0.15) is 8.78 Å². The van der Waals surface area contributed by atoms with Crippen LogP contribution in [0.5, 0.6) is 0 Å². The molecule has 5 nitrogen and oxygen atoms in total. The van der Waals surface area contributed by atoms with Crippen LogP contribution in [0.1, 0.15) is 37.5 Å². The molecule has 0 aliphatic rings. The minimum Gasteiger partial charge on any atom is -0.359 e. The molecule has 0 fully saturated rings. The summed E-state index contributed by atoms with van der Waals surface area (Å²) in [4.78, 5) is 11.6. The molecule has 0 unspecified atom stereocenters. The number of halogens is 2. The van der Waals surface area contributed by atoms with Crippen LogP contribution in [0.25, 0.3) is 0 Å². The van der Waals surface area contributed by atoms with Gasteiger partial charge in [0.25, 0.3) is 0 Å². The topological polar surface area (TPSA) is 64.6 Å². The molecule has 1 aromatic rings. The first kappa shape index (κ1) is 21.7. The Hall–Kier alpha value is -1.30. The number of nitrogens with one attached hydrogen (secondary N) is 1. The Balaban J connectivity index is 3.17. The summed E-state index contributed by atoms with van der Waals surface area (Å²) in [5, 5.41) is 2.55. The molecule has 1 atom stereocenters. The molecular weight excluding hydrogens is 351 g/mol. The molecule has 0 saturated heterocycles. The van der Waals surface area contributed by atoms with Crippen LogP contribution < -0.4 is 5.32 Å². The fourth-order valence-electron chi connectivity index (χ4n) is 2.57. The molecule has 1 rings (SSSR count). The van der Waals surface area contributed by atoms with Gasteiger partial charge in [0.15, 0.2) is 0 Å². The number of hydrogen-bond donors (Lipinski definition) is 1. The number of carbonyl (C=O) groups excluding carboxylic acids is 1. The van der Waals surface area contributed by atoms with E-state index in [2.05, 4.69) is 5.32 Å². The summed E-state index contributed by atoms with van der Waals surface area (Å²) in [6, 6.07) is 4.31. The van der Waals surface area contributed by atoms with E-state index >= 15 is 0 Å². The van der Waals surface area contributed by atoms with Gasteiger partial charge in [0.05, 0.1) is 13.2 Å². The van der Waals surface area contributed by atoms with Gasteiger partial charge in [-0.25, -0.2) is 0 Å². The quantitative estimate of drug-likeness (QED) is 0.654. The minimum atomic E-state index is -4.63. The van der Waals surface area contributed by atoms with E-state index in [1.165, 1.54) is 32.9 Å². The van der Waals surface area contributed by atoms with Gasteiger partial charge < -0.3 is 14.4 Å². The van der Waals surface area contributed by atoms with Crippen molar-refractivity contribution in [1.29, 1.82) is 0 Å². The molecule has 1 aromatic carbocycles. The van der Waals surface area contributed by atoms with Gasteiger partial charge in [0, 0.05) is 18.5 Å². The lowest BCUT2D eigenvalue weighted by Crippen LogP contribution is -2.26. The van der Waals surface area contributed by atoms with Crippen LogP contribution in [0.15, 0.2) is 18.2 Å². The molecule has 25 heavy (non-hydrogen) atoms. The van der Waals surface area contributed by atoms with Gasteiger partial charge >= 0.3 is 13.3 Å². The van der Waals surface area contributed by atoms with E-state index in [0.29, 0.717) is 6.42 Å². The van der Waals surface area contributed by atoms with E-state index in [0.717, 1.165) is 5.56 Å². The first-order valence-corrected chi connectivity index (χ1v) is 9.75. The highest BCUT2D eigenvalue weighted by Crippen LogP contribution is 2.67. The van der Waals surface area contributed by atoms with Crippen LogP contribution in [0.3, 0.4) is 0 Å². The van der Waals surface area contributed by atoms with Gasteiger partial charge in [0.1, 0.15) is 0 Å². The van der Waals surface area contributed by atoms with Gasteiger partial charge in [-0.3, -0.25) is 9.36 Å². The average molecular weight is 377 g/mol. The Bertz CT molecular complexity index is 642. The lowest BCUT2D eigenvalue weighted by atomic mass is 9.97. The molecule has 1 amide bonds. The Morgan fingerprint density at radius 3 is 2.28 bits per heavy atom. The Labute approximate surface area is 147 Å². The molecule has 0 aromatic heterocycles. The maximum atomic E-state index is 14.8. The molecule has 1 N–H and O–H groups in total. The monoisotopic (exact) mass is 377 g/mol.